The van der Waals surface area contributed by atoms with Crippen LogP contribution in [0.2, 0.25) is 0 Å². The van der Waals surface area contributed by atoms with E-state index in [4.69, 9.17) is 0 Å². The summed E-state index contributed by atoms with van der Waals surface area (Å²) in [7, 11) is 0. The van der Waals surface area contributed by atoms with Gasteiger partial charge in [0.1, 0.15) is 0 Å². The number of hydrogen-bond donors (Lipinski definition) is 0. The third kappa shape index (κ3) is 2.90. The predicted octanol–water partition coefficient (Wildman–Crippen LogP) is 2.72. The molecule has 0 aliphatic rings. The molecule has 1 atom stereocenters. The highest BCUT2D eigenvalue weighted by Crippen LogP contribution is 2.23. The fraction of sp³-hybridized carbons (Fsp3) is 0.444. The van der Waals surface area contributed by atoms with Crippen molar-refractivity contribution in [2.75, 3.05) is 0 Å². The number of pyridine rings is 1. The van der Waals surface area contributed by atoms with E-state index in [9.17, 15) is 13.2 Å². The maximum atomic E-state index is 12.1. The quantitative estimate of drug-likeness (QED) is 0.740. The van der Waals surface area contributed by atoms with Crippen LogP contribution in [0, 0.1) is 6.92 Å². The molecule has 0 fully saturated rings. The van der Waals surface area contributed by atoms with E-state index in [1.165, 1.54) is 12.3 Å². The topological polar surface area (TPSA) is 22.1 Å². The minimum Gasteiger partial charge on any atom is -0.465 e. The maximum Gasteiger partial charge on any atom is 0.425 e. The number of nitrogens with zero attached hydrogens (tertiary/aromatic N) is 1. The molecule has 5 heteroatoms. The van der Waals surface area contributed by atoms with E-state index in [1.54, 1.807) is 13.0 Å². The smallest absolute Gasteiger partial charge is 0.425 e. The molecule has 0 bridgehead atoms. The van der Waals surface area contributed by atoms with Gasteiger partial charge in [0.15, 0.2) is 6.10 Å². The number of aryl methyl sites for hydroxylation is 1. The number of rotatable bonds is 2. The maximum absolute atomic E-state index is 12.1. The lowest BCUT2D eigenvalue weighted by Crippen LogP contribution is -2.31. The second-order valence-corrected chi connectivity index (χ2v) is 2.97. The highest BCUT2D eigenvalue weighted by molar-refractivity contribution is 5.18. The van der Waals surface area contributed by atoms with Crippen molar-refractivity contribution >= 4 is 0 Å². The second-order valence-electron chi connectivity index (χ2n) is 2.97. The summed E-state index contributed by atoms with van der Waals surface area (Å²) >= 11 is 0. The van der Waals surface area contributed by atoms with Gasteiger partial charge in [-0.2, -0.15) is 13.2 Å². The highest BCUT2D eigenvalue weighted by atomic mass is 19.4. The molecule has 0 amide bonds. The summed E-state index contributed by atoms with van der Waals surface area (Å²) in [4.78, 5) is 3.67. The van der Waals surface area contributed by atoms with Crippen molar-refractivity contribution in [2.24, 2.45) is 0 Å². The molecule has 0 aliphatic heterocycles. The van der Waals surface area contributed by atoms with Crippen LogP contribution in [0.5, 0.6) is 5.88 Å². The van der Waals surface area contributed by atoms with E-state index in [-0.39, 0.29) is 5.88 Å². The number of ether oxygens (including phenoxy) is 1. The van der Waals surface area contributed by atoms with Crippen molar-refractivity contribution in [1.29, 1.82) is 0 Å². The van der Waals surface area contributed by atoms with Crippen molar-refractivity contribution < 1.29 is 17.9 Å². The third-order valence-corrected chi connectivity index (χ3v) is 1.65. The van der Waals surface area contributed by atoms with E-state index in [2.05, 4.69) is 9.72 Å². The fourth-order valence-electron chi connectivity index (χ4n) is 0.821. The summed E-state index contributed by atoms with van der Waals surface area (Å²) in [6.07, 6.45) is -4.78. The summed E-state index contributed by atoms with van der Waals surface area (Å²) in [6.45, 7) is 2.71. The Balaban J connectivity index is 2.70. The summed E-state index contributed by atoms with van der Waals surface area (Å²) in [6, 6.07) is 3.15. The molecule has 0 saturated carbocycles. The Labute approximate surface area is 79.7 Å². The van der Waals surface area contributed by atoms with E-state index >= 15 is 0 Å². The lowest BCUT2D eigenvalue weighted by molar-refractivity contribution is -0.189. The van der Waals surface area contributed by atoms with Gasteiger partial charge in [0.2, 0.25) is 5.88 Å². The third-order valence-electron chi connectivity index (χ3n) is 1.65. The molecule has 1 aromatic rings. The molecular weight excluding hydrogens is 195 g/mol. The molecule has 1 rings (SSSR count). The zero-order valence-corrected chi connectivity index (χ0v) is 7.80. The van der Waals surface area contributed by atoms with Crippen LogP contribution in [0.25, 0.3) is 0 Å². The van der Waals surface area contributed by atoms with Crippen molar-refractivity contribution in [3.05, 3.63) is 23.9 Å². The van der Waals surface area contributed by atoms with Crippen LogP contribution in [0.15, 0.2) is 18.3 Å². The normalized spacial score (nSPS) is 13.8. The van der Waals surface area contributed by atoms with E-state index in [0.29, 0.717) is 0 Å². The number of aromatic nitrogens is 1. The van der Waals surface area contributed by atoms with Gasteiger partial charge in [-0.1, -0.05) is 0 Å². The van der Waals surface area contributed by atoms with Crippen LogP contribution in [-0.2, 0) is 0 Å². The molecule has 0 radical (unpaired) electrons. The van der Waals surface area contributed by atoms with Crippen LogP contribution in [0.3, 0.4) is 0 Å². The van der Waals surface area contributed by atoms with Crippen LogP contribution in [-0.4, -0.2) is 17.3 Å². The Hall–Kier alpha value is -1.26. The molecule has 0 aliphatic carbocycles. The van der Waals surface area contributed by atoms with Crippen molar-refractivity contribution in [3.8, 4) is 5.88 Å². The summed E-state index contributed by atoms with van der Waals surface area (Å²) in [5.41, 5.74) is 0.810. The van der Waals surface area contributed by atoms with E-state index < -0.39 is 12.3 Å². The highest BCUT2D eigenvalue weighted by Gasteiger charge is 2.38. The minimum atomic E-state index is -4.36. The van der Waals surface area contributed by atoms with Gasteiger partial charge in [0, 0.05) is 12.3 Å². The largest absolute Gasteiger partial charge is 0.465 e. The first-order valence-corrected chi connectivity index (χ1v) is 4.05. The van der Waals surface area contributed by atoms with Gasteiger partial charge >= 0.3 is 6.18 Å². The molecule has 14 heavy (non-hydrogen) atoms. The molecule has 1 aromatic heterocycles. The first kappa shape index (κ1) is 10.8. The molecule has 0 unspecified atom stereocenters. The molecule has 1 heterocycles. The average molecular weight is 205 g/mol. The molecule has 0 N–H and O–H groups in total. The Morgan fingerprint density at radius 2 is 2.07 bits per heavy atom. The van der Waals surface area contributed by atoms with E-state index in [0.717, 1.165) is 12.5 Å². The van der Waals surface area contributed by atoms with Crippen LogP contribution in [0.1, 0.15) is 12.5 Å². The van der Waals surface area contributed by atoms with Crippen molar-refractivity contribution in [1.82, 2.24) is 4.98 Å². The first-order valence-electron chi connectivity index (χ1n) is 4.05. The fourth-order valence-corrected chi connectivity index (χ4v) is 0.821. The summed E-state index contributed by atoms with van der Waals surface area (Å²) in [5, 5.41) is 0. The van der Waals surface area contributed by atoms with Gasteiger partial charge in [0.25, 0.3) is 0 Å². The van der Waals surface area contributed by atoms with Crippen LogP contribution < -0.4 is 4.74 Å². The zero-order valence-electron chi connectivity index (χ0n) is 7.80. The SMILES string of the molecule is Cc1ccnc(O[C@H](C)C(F)(F)F)c1. The van der Waals surface area contributed by atoms with Gasteiger partial charge < -0.3 is 4.74 Å². The number of halogens is 3. The Bertz CT molecular complexity index is 311. The van der Waals surface area contributed by atoms with E-state index in [1.807, 2.05) is 0 Å². The average Bonchev–Trinajstić information content (AvgIpc) is 2.02. The number of hydrogen-bond acceptors (Lipinski definition) is 2. The Morgan fingerprint density at radius 3 is 2.57 bits per heavy atom. The molecular formula is C9H10F3NO. The second kappa shape index (κ2) is 3.86. The zero-order chi connectivity index (χ0) is 10.8. The van der Waals surface area contributed by atoms with Gasteiger partial charge in [-0.15, -0.1) is 0 Å². The monoisotopic (exact) mass is 205 g/mol. The van der Waals surface area contributed by atoms with Gasteiger partial charge in [-0.3, -0.25) is 0 Å². The molecule has 0 aromatic carbocycles. The minimum absolute atomic E-state index is 0.00479. The van der Waals surface area contributed by atoms with Crippen molar-refractivity contribution in [2.45, 2.75) is 26.1 Å². The summed E-state index contributed by atoms with van der Waals surface area (Å²) in [5.74, 6) is -0.00479. The van der Waals surface area contributed by atoms with Crippen LogP contribution in [0.4, 0.5) is 13.2 Å². The van der Waals surface area contributed by atoms with Gasteiger partial charge in [0.05, 0.1) is 0 Å². The Kier molecular flexibility index (Phi) is 2.98. The standard InChI is InChI=1S/C9H10F3NO/c1-6-3-4-13-8(5-6)14-7(2)9(10,11)12/h3-5,7H,1-2H3/t7-/m1/s1. The lowest BCUT2D eigenvalue weighted by atomic mass is 10.3. The molecule has 0 saturated heterocycles. The molecule has 78 valence electrons. The Morgan fingerprint density at radius 1 is 1.43 bits per heavy atom. The predicted molar refractivity (Wildman–Crippen MR) is 45.1 cm³/mol. The number of alkyl halides is 3. The lowest BCUT2D eigenvalue weighted by Gasteiger charge is -2.16. The summed E-state index contributed by atoms with van der Waals surface area (Å²) < 4.78 is 40.9. The van der Waals surface area contributed by atoms with Crippen molar-refractivity contribution in [3.63, 3.8) is 0 Å². The van der Waals surface area contributed by atoms with Crippen LogP contribution >= 0.6 is 0 Å². The first-order chi connectivity index (χ1) is 6.39. The van der Waals surface area contributed by atoms with Gasteiger partial charge in [-0.25, -0.2) is 4.98 Å². The molecule has 0 spiro atoms. The molecule has 2 nitrogen and oxygen atoms in total. The van der Waals surface area contributed by atoms with Gasteiger partial charge in [-0.05, 0) is 25.5 Å².